The molecular formula is C28H26BrF3N4O3S. The molecule has 3 heterocycles. The summed E-state index contributed by atoms with van der Waals surface area (Å²) in [6, 6.07) is 9.34. The standard InChI is InChI=1S/C28H26BrF3N4O3S/c1-27(2,3)15-10-11-16-18(12-15)40-25(20(16)26(38)39-4)34-24(37)22-21(29)23-33-17(14-8-6-5-7-9-14)13-19(28(30,31)32)36(23)35-22/h5-9,13,15H,10-12H2,1-4H3,(H,34,37)/t15-/m0/s1. The number of rotatable bonds is 4. The Kier molecular flexibility index (Phi) is 7.28. The number of carbonyl (C=O) groups excluding carboxylic acids is 2. The molecule has 0 radical (unpaired) electrons. The highest BCUT2D eigenvalue weighted by Gasteiger charge is 2.38. The topological polar surface area (TPSA) is 85.6 Å². The van der Waals surface area contributed by atoms with E-state index in [0.717, 1.165) is 29.3 Å². The zero-order chi connectivity index (χ0) is 29.0. The number of hydrogen-bond acceptors (Lipinski definition) is 6. The highest BCUT2D eigenvalue weighted by molar-refractivity contribution is 9.10. The lowest BCUT2D eigenvalue weighted by Crippen LogP contribution is -2.26. The molecular weight excluding hydrogens is 609 g/mol. The third kappa shape index (κ3) is 5.14. The molecule has 0 saturated carbocycles. The molecule has 7 nitrogen and oxygen atoms in total. The van der Waals surface area contributed by atoms with E-state index in [2.05, 4.69) is 52.1 Å². The van der Waals surface area contributed by atoms with Crippen molar-refractivity contribution in [1.82, 2.24) is 14.6 Å². The number of alkyl halides is 3. The van der Waals surface area contributed by atoms with E-state index in [1.807, 2.05) is 0 Å². The number of ether oxygens (including phenoxy) is 1. The number of benzene rings is 1. The van der Waals surface area contributed by atoms with Crippen molar-refractivity contribution < 1.29 is 27.5 Å². The molecule has 12 heteroatoms. The van der Waals surface area contributed by atoms with Crippen molar-refractivity contribution in [2.45, 2.75) is 46.2 Å². The number of anilines is 1. The van der Waals surface area contributed by atoms with Crippen molar-refractivity contribution in [3.05, 3.63) is 68.3 Å². The van der Waals surface area contributed by atoms with E-state index in [1.54, 1.807) is 30.3 Å². The van der Waals surface area contributed by atoms with Crippen LogP contribution in [0.5, 0.6) is 0 Å². The number of hydrogen-bond donors (Lipinski definition) is 1. The molecule has 5 rings (SSSR count). The van der Waals surface area contributed by atoms with E-state index in [9.17, 15) is 22.8 Å². The Labute approximate surface area is 240 Å². The summed E-state index contributed by atoms with van der Waals surface area (Å²) >= 11 is 4.55. The van der Waals surface area contributed by atoms with Gasteiger partial charge in [0.25, 0.3) is 5.91 Å². The smallest absolute Gasteiger partial charge is 0.433 e. The second-order valence-corrected chi connectivity index (χ2v) is 12.6. The van der Waals surface area contributed by atoms with Gasteiger partial charge < -0.3 is 10.1 Å². The quantitative estimate of drug-likeness (QED) is 0.236. The molecule has 0 fully saturated rings. The Morgan fingerprint density at radius 3 is 2.50 bits per heavy atom. The first-order chi connectivity index (χ1) is 18.8. The number of halogens is 4. The summed E-state index contributed by atoms with van der Waals surface area (Å²) in [5.74, 6) is -0.960. The predicted octanol–water partition coefficient (Wildman–Crippen LogP) is 7.43. The molecule has 0 saturated heterocycles. The average molecular weight is 636 g/mol. The van der Waals surface area contributed by atoms with Gasteiger partial charge in [-0.2, -0.15) is 18.3 Å². The lowest BCUT2D eigenvalue weighted by molar-refractivity contribution is -0.142. The van der Waals surface area contributed by atoms with Crippen LogP contribution in [0.2, 0.25) is 0 Å². The number of fused-ring (bicyclic) bond motifs is 2. The van der Waals surface area contributed by atoms with E-state index < -0.39 is 23.7 Å². The number of nitrogens with zero attached hydrogens (tertiary/aromatic N) is 3. The van der Waals surface area contributed by atoms with Gasteiger partial charge in [-0.3, -0.25) is 4.79 Å². The minimum Gasteiger partial charge on any atom is -0.465 e. The molecule has 0 aliphatic heterocycles. The number of amides is 1. The molecule has 0 bridgehead atoms. The minimum absolute atomic E-state index is 0.00187. The van der Waals surface area contributed by atoms with E-state index in [0.29, 0.717) is 22.4 Å². The largest absolute Gasteiger partial charge is 0.465 e. The van der Waals surface area contributed by atoms with Gasteiger partial charge in [-0.15, -0.1) is 11.3 Å². The third-order valence-electron chi connectivity index (χ3n) is 7.21. The predicted molar refractivity (Wildman–Crippen MR) is 150 cm³/mol. The van der Waals surface area contributed by atoms with Crippen molar-refractivity contribution in [3.63, 3.8) is 0 Å². The Morgan fingerprint density at radius 1 is 1.18 bits per heavy atom. The van der Waals surface area contributed by atoms with E-state index in [-0.39, 0.29) is 37.5 Å². The SMILES string of the molecule is COC(=O)c1c(NC(=O)c2nn3c(C(F)(F)F)cc(-c4ccccc4)nc3c2Br)sc2c1CC[C@H](C(C)(C)C)C2. The van der Waals surface area contributed by atoms with Gasteiger partial charge in [0.05, 0.1) is 22.8 Å². The second kappa shape index (κ2) is 10.3. The lowest BCUT2D eigenvalue weighted by Gasteiger charge is -2.33. The Balaban J connectivity index is 1.57. The van der Waals surface area contributed by atoms with Crippen LogP contribution in [-0.4, -0.2) is 33.6 Å². The first kappa shape index (κ1) is 28.3. The molecule has 1 aliphatic carbocycles. The number of esters is 1. The highest BCUT2D eigenvalue weighted by atomic mass is 79.9. The normalized spacial score (nSPS) is 15.7. The van der Waals surface area contributed by atoms with Crippen LogP contribution < -0.4 is 5.32 Å². The van der Waals surface area contributed by atoms with Crippen molar-refractivity contribution in [1.29, 1.82) is 0 Å². The summed E-state index contributed by atoms with van der Waals surface area (Å²) in [4.78, 5) is 31.6. The fourth-order valence-electron chi connectivity index (χ4n) is 4.99. The summed E-state index contributed by atoms with van der Waals surface area (Å²) in [5, 5.41) is 7.00. The summed E-state index contributed by atoms with van der Waals surface area (Å²) < 4.78 is 47.9. The number of thiophene rings is 1. The number of nitrogens with one attached hydrogen (secondary N) is 1. The molecule has 210 valence electrons. The molecule has 1 aromatic carbocycles. The first-order valence-corrected chi connectivity index (χ1v) is 14.2. The van der Waals surface area contributed by atoms with Crippen LogP contribution >= 0.6 is 27.3 Å². The molecule has 0 spiro atoms. The maximum absolute atomic E-state index is 14.1. The van der Waals surface area contributed by atoms with Gasteiger partial charge in [0, 0.05) is 10.4 Å². The number of methoxy groups -OCH3 is 1. The molecule has 1 atom stereocenters. The zero-order valence-corrected chi connectivity index (χ0v) is 24.6. The Bertz CT molecular complexity index is 1620. The first-order valence-electron chi connectivity index (χ1n) is 12.6. The van der Waals surface area contributed by atoms with Crippen LogP contribution in [0.15, 0.2) is 40.9 Å². The minimum atomic E-state index is -4.77. The van der Waals surface area contributed by atoms with Gasteiger partial charge >= 0.3 is 12.1 Å². The maximum Gasteiger partial charge on any atom is 0.433 e. The third-order valence-corrected chi connectivity index (χ3v) is 9.11. The monoisotopic (exact) mass is 634 g/mol. The Morgan fingerprint density at radius 2 is 1.88 bits per heavy atom. The van der Waals surface area contributed by atoms with Crippen molar-refractivity contribution in [2.75, 3.05) is 12.4 Å². The van der Waals surface area contributed by atoms with Gasteiger partial charge in [0.1, 0.15) is 5.00 Å². The second-order valence-electron chi connectivity index (χ2n) is 10.7. The fraction of sp³-hybridized carbons (Fsp3) is 0.357. The molecule has 1 amide bonds. The van der Waals surface area contributed by atoms with Crippen LogP contribution in [0.4, 0.5) is 18.2 Å². The van der Waals surface area contributed by atoms with E-state index in [1.165, 1.54) is 18.4 Å². The van der Waals surface area contributed by atoms with E-state index in [4.69, 9.17) is 4.74 Å². The molecule has 4 aromatic rings. The average Bonchev–Trinajstić information content (AvgIpc) is 3.43. The number of carbonyl (C=O) groups is 2. The van der Waals surface area contributed by atoms with Crippen molar-refractivity contribution >= 4 is 49.8 Å². The molecule has 40 heavy (non-hydrogen) atoms. The molecule has 0 unspecified atom stereocenters. The summed E-state index contributed by atoms with van der Waals surface area (Å²) in [6.07, 6.45) is -2.47. The fourth-order valence-corrected chi connectivity index (χ4v) is 6.82. The van der Waals surface area contributed by atoms with Crippen LogP contribution in [0, 0.1) is 11.3 Å². The maximum atomic E-state index is 14.1. The van der Waals surface area contributed by atoms with Crippen molar-refractivity contribution in [2.24, 2.45) is 11.3 Å². The summed E-state index contributed by atoms with van der Waals surface area (Å²) in [6.45, 7) is 6.52. The number of aromatic nitrogens is 3. The van der Waals surface area contributed by atoms with Crippen LogP contribution in [0.25, 0.3) is 16.9 Å². The van der Waals surface area contributed by atoms with Gasteiger partial charge in [0.2, 0.25) is 0 Å². The van der Waals surface area contributed by atoms with Gasteiger partial charge in [-0.1, -0.05) is 51.1 Å². The van der Waals surface area contributed by atoms with E-state index >= 15 is 0 Å². The van der Waals surface area contributed by atoms with Gasteiger partial charge in [-0.25, -0.2) is 14.3 Å². The van der Waals surface area contributed by atoms with Crippen LogP contribution in [0.1, 0.15) is 64.2 Å². The van der Waals surface area contributed by atoms with Crippen LogP contribution in [0.3, 0.4) is 0 Å². The Hall–Kier alpha value is -3.25. The van der Waals surface area contributed by atoms with Crippen molar-refractivity contribution in [3.8, 4) is 11.3 Å². The van der Waals surface area contributed by atoms with Gasteiger partial charge in [-0.05, 0) is 58.2 Å². The summed E-state index contributed by atoms with van der Waals surface area (Å²) in [7, 11) is 1.27. The molecule has 1 aliphatic rings. The van der Waals surface area contributed by atoms with Crippen LogP contribution in [-0.2, 0) is 23.8 Å². The molecule has 1 N–H and O–H groups in total. The van der Waals surface area contributed by atoms with Gasteiger partial charge in [0.15, 0.2) is 17.0 Å². The highest BCUT2D eigenvalue weighted by Crippen LogP contribution is 2.45. The lowest BCUT2D eigenvalue weighted by atomic mass is 9.72. The molecule has 3 aromatic heterocycles. The zero-order valence-electron chi connectivity index (χ0n) is 22.1. The summed E-state index contributed by atoms with van der Waals surface area (Å²) in [5.41, 5.74) is 0.225.